The van der Waals surface area contributed by atoms with Crippen LogP contribution in [-0.4, -0.2) is 16.8 Å². The van der Waals surface area contributed by atoms with E-state index in [1.165, 1.54) is 0 Å². The van der Waals surface area contributed by atoms with E-state index in [2.05, 4.69) is 0 Å². The molecule has 1 aromatic rings. The lowest BCUT2D eigenvalue weighted by Gasteiger charge is -2.09. The van der Waals surface area contributed by atoms with Crippen molar-refractivity contribution in [3.05, 3.63) is 35.9 Å². The van der Waals surface area contributed by atoms with E-state index in [-0.39, 0.29) is 12.7 Å². The molecule has 0 aliphatic heterocycles. The van der Waals surface area contributed by atoms with Gasteiger partial charge in [0.2, 0.25) is 0 Å². The first kappa shape index (κ1) is 10.2. The molecule has 0 radical (unpaired) electrons. The fraction of sp³-hybridized carbons (Fsp3) is 0.455. The molecule has 0 saturated heterocycles. The van der Waals surface area contributed by atoms with Crippen molar-refractivity contribution in [2.45, 2.75) is 25.4 Å². The Morgan fingerprint density at radius 2 is 1.77 bits per heavy atom. The van der Waals surface area contributed by atoms with Gasteiger partial charge in [-0.1, -0.05) is 30.3 Å². The standard InChI is InChI=1S/C11H16O2/c12-9-5-4-8-11(13)10-6-2-1-3-7-10/h1-3,6-7,11-13H,4-5,8-9H2. The lowest BCUT2D eigenvalue weighted by Crippen LogP contribution is -1.97. The molecular weight excluding hydrogens is 164 g/mol. The van der Waals surface area contributed by atoms with E-state index in [0.29, 0.717) is 0 Å². The van der Waals surface area contributed by atoms with E-state index < -0.39 is 0 Å². The molecule has 0 heterocycles. The summed E-state index contributed by atoms with van der Waals surface area (Å²) in [5, 5.41) is 18.2. The highest BCUT2D eigenvalue weighted by Crippen LogP contribution is 2.17. The van der Waals surface area contributed by atoms with Crippen LogP contribution < -0.4 is 0 Å². The third kappa shape index (κ3) is 3.57. The second-order valence-corrected chi connectivity index (χ2v) is 3.15. The van der Waals surface area contributed by atoms with Gasteiger partial charge in [-0.2, -0.15) is 0 Å². The van der Waals surface area contributed by atoms with Gasteiger partial charge in [-0.3, -0.25) is 0 Å². The van der Waals surface area contributed by atoms with Crippen molar-refractivity contribution in [3.63, 3.8) is 0 Å². The minimum Gasteiger partial charge on any atom is -0.396 e. The van der Waals surface area contributed by atoms with Gasteiger partial charge in [0.05, 0.1) is 6.10 Å². The molecule has 0 spiro atoms. The third-order valence-corrected chi connectivity index (χ3v) is 2.07. The Balaban J connectivity index is 2.35. The summed E-state index contributed by atoms with van der Waals surface area (Å²) >= 11 is 0. The highest BCUT2D eigenvalue weighted by molar-refractivity contribution is 5.16. The minimum atomic E-state index is -0.382. The highest BCUT2D eigenvalue weighted by Gasteiger charge is 2.05. The van der Waals surface area contributed by atoms with Crippen molar-refractivity contribution < 1.29 is 10.2 Å². The molecule has 0 saturated carbocycles. The summed E-state index contributed by atoms with van der Waals surface area (Å²) in [5.41, 5.74) is 0.959. The van der Waals surface area contributed by atoms with E-state index in [4.69, 9.17) is 5.11 Å². The Bertz CT molecular complexity index is 221. The lowest BCUT2D eigenvalue weighted by molar-refractivity contribution is 0.159. The van der Waals surface area contributed by atoms with Crippen molar-refractivity contribution >= 4 is 0 Å². The first-order chi connectivity index (χ1) is 6.34. The Kier molecular flexibility index (Phi) is 4.50. The molecule has 2 nitrogen and oxygen atoms in total. The van der Waals surface area contributed by atoms with Gasteiger partial charge in [0.15, 0.2) is 0 Å². The van der Waals surface area contributed by atoms with E-state index in [1.807, 2.05) is 30.3 Å². The zero-order chi connectivity index (χ0) is 9.52. The molecule has 1 unspecified atom stereocenters. The Labute approximate surface area is 78.8 Å². The predicted molar refractivity (Wildman–Crippen MR) is 52.3 cm³/mol. The number of hydrogen-bond acceptors (Lipinski definition) is 2. The van der Waals surface area contributed by atoms with Crippen molar-refractivity contribution in [1.29, 1.82) is 0 Å². The Morgan fingerprint density at radius 1 is 1.08 bits per heavy atom. The predicted octanol–water partition coefficient (Wildman–Crippen LogP) is 1.88. The van der Waals surface area contributed by atoms with E-state index in [1.54, 1.807) is 0 Å². The summed E-state index contributed by atoms with van der Waals surface area (Å²) in [5.74, 6) is 0. The number of benzene rings is 1. The molecule has 72 valence electrons. The van der Waals surface area contributed by atoms with Crippen molar-refractivity contribution in [2.24, 2.45) is 0 Å². The van der Waals surface area contributed by atoms with Crippen LogP contribution >= 0.6 is 0 Å². The van der Waals surface area contributed by atoms with Gasteiger partial charge < -0.3 is 10.2 Å². The van der Waals surface area contributed by atoms with Gasteiger partial charge in [0.25, 0.3) is 0 Å². The molecule has 2 heteroatoms. The van der Waals surface area contributed by atoms with Gasteiger partial charge in [0.1, 0.15) is 0 Å². The first-order valence-electron chi connectivity index (χ1n) is 4.68. The lowest BCUT2D eigenvalue weighted by atomic mass is 10.0. The maximum atomic E-state index is 9.67. The zero-order valence-corrected chi connectivity index (χ0v) is 7.69. The number of rotatable bonds is 5. The maximum Gasteiger partial charge on any atom is 0.0790 e. The topological polar surface area (TPSA) is 40.5 Å². The molecule has 0 aliphatic rings. The van der Waals surface area contributed by atoms with Gasteiger partial charge >= 0.3 is 0 Å². The van der Waals surface area contributed by atoms with Gasteiger partial charge in [0, 0.05) is 6.61 Å². The van der Waals surface area contributed by atoms with Crippen LogP contribution in [0, 0.1) is 0 Å². The fourth-order valence-electron chi connectivity index (χ4n) is 1.29. The van der Waals surface area contributed by atoms with Crippen molar-refractivity contribution in [3.8, 4) is 0 Å². The second-order valence-electron chi connectivity index (χ2n) is 3.15. The van der Waals surface area contributed by atoms with Gasteiger partial charge in [-0.25, -0.2) is 0 Å². The van der Waals surface area contributed by atoms with Crippen LogP contribution in [0.5, 0.6) is 0 Å². The van der Waals surface area contributed by atoms with Crippen LogP contribution in [0.4, 0.5) is 0 Å². The van der Waals surface area contributed by atoms with E-state index in [9.17, 15) is 5.11 Å². The smallest absolute Gasteiger partial charge is 0.0790 e. The molecule has 0 fully saturated rings. The number of hydrogen-bond donors (Lipinski definition) is 2. The first-order valence-corrected chi connectivity index (χ1v) is 4.68. The Hall–Kier alpha value is -0.860. The Morgan fingerprint density at radius 3 is 2.38 bits per heavy atom. The van der Waals surface area contributed by atoms with Crippen molar-refractivity contribution in [1.82, 2.24) is 0 Å². The molecule has 0 aromatic heterocycles. The van der Waals surface area contributed by atoms with Gasteiger partial charge in [-0.05, 0) is 24.8 Å². The molecular formula is C11H16O2. The van der Waals surface area contributed by atoms with E-state index in [0.717, 1.165) is 24.8 Å². The van der Waals surface area contributed by atoms with Crippen LogP contribution in [0.2, 0.25) is 0 Å². The largest absolute Gasteiger partial charge is 0.396 e. The number of unbranched alkanes of at least 4 members (excludes halogenated alkanes) is 1. The summed E-state index contributed by atoms with van der Waals surface area (Å²) < 4.78 is 0. The number of aliphatic hydroxyl groups excluding tert-OH is 2. The van der Waals surface area contributed by atoms with Gasteiger partial charge in [-0.15, -0.1) is 0 Å². The molecule has 1 rings (SSSR count). The molecule has 2 N–H and O–H groups in total. The summed E-state index contributed by atoms with van der Waals surface area (Å²) in [6.45, 7) is 0.210. The van der Waals surface area contributed by atoms with Crippen LogP contribution in [0.25, 0.3) is 0 Å². The molecule has 0 bridgehead atoms. The van der Waals surface area contributed by atoms with Crippen molar-refractivity contribution in [2.75, 3.05) is 6.61 Å². The summed E-state index contributed by atoms with van der Waals surface area (Å²) in [6.07, 6.45) is 1.98. The third-order valence-electron chi connectivity index (χ3n) is 2.07. The number of aliphatic hydroxyl groups is 2. The van der Waals surface area contributed by atoms with Crippen LogP contribution in [-0.2, 0) is 0 Å². The maximum absolute atomic E-state index is 9.67. The monoisotopic (exact) mass is 180 g/mol. The molecule has 1 aromatic carbocycles. The SMILES string of the molecule is OCCCCC(O)c1ccccc1. The zero-order valence-electron chi connectivity index (χ0n) is 7.69. The summed E-state index contributed by atoms with van der Waals surface area (Å²) in [4.78, 5) is 0. The minimum absolute atomic E-state index is 0.210. The molecule has 13 heavy (non-hydrogen) atoms. The molecule has 0 amide bonds. The fourth-order valence-corrected chi connectivity index (χ4v) is 1.29. The average Bonchev–Trinajstić information content (AvgIpc) is 2.19. The molecule has 0 aliphatic carbocycles. The summed E-state index contributed by atoms with van der Waals surface area (Å²) in [6, 6.07) is 9.62. The summed E-state index contributed by atoms with van der Waals surface area (Å²) in [7, 11) is 0. The highest BCUT2D eigenvalue weighted by atomic mass is 16.3. The average molecular weight is 180 g/mol. The van der Waals surface area contributed by atoms with Crippen LogP contribution in [0.1, 0.15) is 30.9 Å². The van der Waals surface area contributed by atoms with Crippen LogP contribution in [0.15, 0.2) is 30.3 Å². The normalized spacial score (nSPS) is 12.8. The molecule has 1 atom stereocenters. The van der Waals surface area contributed by atoms with Crippen LogP contribution in [0.3, 0.4) is 0 Å². The second kappa shape index (κ2) is 5.73. The quantitative estimate of drug-likeness (QED) is 0.679. The van der Waals surface area contributed by atoms with E-state index >= 15 is 0 Å².